The summed E-state index contributed by atoms with van der Waals surface area (Å²) >= 11 is 1.10. The zero-order valence-corrected chi connectivity index (χ0v) is 15.7. The van der Waals surface area contributed by atoms with Crippen LogP contribution in [0.4, 0.5) is 9.18 Å². The molecule has 0 saturated carbocycles. The summed E-state index contributed by atoms with van der Waals surface area (Å²) in [6.45, 7) is 6.57. The number of carbonyl (C=O) groups excluding carboxylic acids is 1. The third-order valence-electron chi connectivity index (χ3n) is 3.28. The molecule has 1 amide bonds. The van der Waals surface area contributed by atoms with Crippen molar-refractivity contribution < 1.29 is 22.3 Å². The number of rotatable bonds is 1. The van der Waals surface area contributed by atoms with Crippen LogP contribution < -0.4 is 5.32 Å². The molecule has 1 aliphatic heterocycles. The number of hydrogen-bond acceptors (Lipinski definition) is 5. The number of ether oxygens (including phenoxy) is 1. The maximum Gasteiger partial charge on any atom is 0.437 e. The van der Waals surface area contributed by atoms with E-state index in [1.807, 2.05) is 0 Å². The number of aliphatic imine (C=N–C) groups is 1. The van der Waals surface area contributed by atoms with Gasteiger partial charge in [-0.1, -0.05) is 0 Å². The first kappa shape index (κ1) is 18.7. The molecule has 1 aromatic heterocycles. The fraction of sp³-hybridized carbons (Fsp3) is 0.571. The van der Waals surface area contributed by atoms with Gasteiger partial charge in [0, 0.05) is 7.05 Å². The molecule has 1 saturated heterocycles. The number of nitrogens with zero attached hydrogens (tertiary/aromatic N) is 2. The highest BCUT2D eigenvalue weighted by Gasteiger charge is 2.44. The lowest BCUT2D eigenvalue weighted by Crippen LogP contribution is -2.61. The smallest absolute Gasteiger partial charge is 0.437 e. The fourth-order valence-corrected chi connectivity index (χ4v) is 4.70. The SMILES string of the molecule is CN1/C(=N/C(=O)OC(C)(C)C)N[C@](C)(c2sccc2F)CS1(=O)=O. The Morgan fingerprint density at radius 1 is 1.50 bits per heavy atom. The summed E-state index contributed by atoms with van der Waals surface area (Å²) in [6.07, 6.45) is -0.928. The third kappa shape index (κ3) is 3.86. The van der Waals surface area contributed by atoms with Crippen molar-refractivity contribution in [1.82, 2.24) is 9.62 Å². The zero-order valence-electron chi connectivity index (χ0n) is 14.1. The van der Waals surface area contributed by atoms with Gasteiger partial charge in [0.15, 0.2) is 0 Å². The largest absolute Gasteiger partial charge is 0.442 e. The Morgan fingerprint density at radius 2 is 2.12 bits per heavy atom. The van der Waals surface area contributed by atoms with Crippen LogP contribution in [0.3, 0.4) is 0 Å². The number of halogens is 1. The topological polar surface area (TPSA) is 88.1 Å². The average molecular weight is 377 g/mol. The van der Waals surface area contributed by atoms with E-state index in [9.17, 15) is 17.6 Å². The molecule has 1 N–H and O–H groups in total. The third-order valence-corrected chi connectivity index (χ3v) is 6.39. The van der Waals surface area contributed by atoms with Gasteiger partial charge in [0.05, 0.1) is 16.2 Å². The molecule has 24 heavy (non-hydrogen) atoms. The van der Waals surface area contributed by atoms with Crippen LogP contribution in [0.15, 0.2) is 16.4 Å². The second-order valence-electron chi connectivity index (χ2n) is 6.69. The van der Waals surface area contributed by atoms with E-state index in [0.29, 0.717) is 0 Å². The average Bonchev–Trinajstić information content (AvgIpc) is 2.79. The first-order chi connectivity index (χ1) is 10.8. The van der Waals surface area contributed by atoms with Gasteiger partial charge in [0.1, 0.15) is 11.4 Å². The lowest BCUT2D eigenvalue weighted by atomic mass is 10.0. The monoisotopic (exact) mass is 377 g/mol. The Bertz CT molecular complexity index is 782. The standard InChI is InChI=1S/C14H20FN3O4S2/c1-13(2,3)22-12(19)16-11-17-14(4,8-24(20,21)18(11)5)10-9(15)6-7-23-10/h6-7H,8H2,1-5H3,(H,16,17,19)/t14-/m0/s1. The van der Waals surface area contributed by atoms with Crippen molar-refractivity contribution in [1.29, 1.82) is 0 Å². The van der Waals surface area contributed by atoms with Crippen molar-refractivity contribution in [2.45, 2.75) is 38.8 Å². The molecule has 7 nitrogen and oxygen atoms in total. The summed E-state index contributed by atoms with van der Waals surface area (Å²) in [5, 5.41) is 4.40. The number of guanidine groups is 1. The number of sulfonamides is 1. The minimum atomic E-state index is -3.78. The highest BCUT2D eigenvalue weighted by atomic mass is 32.2. The van der Waals surface area contributed by atoms with Gasteiger partial charge < -0.3 is 10.1 Å². The first-order valence-corrected chi connectivity index (χ1v) is 9.63. The van der Waals surface area contributed by atoms with Crippen LogP contribution in [-0.4, -0.2) is 43.2 Å². The van der Waals surface area contributed by atoms with Crippen LogP contribution in [0, 0.1) is 5.82 Å². The van der Waals surface area contributed by atoms with Crippen molar-refractivity contribution >= 4 is 33.4 Å². The van der Waals surface area contributed by atoms with Crippen molar-refractivity contribution in [2.75, 3.05) is 12.8 Å². The summed E-state index contributed by atoms with van der Waals surface area (Å²) in [5.74, 6) is -1.07. The Balaban J connectivity index is 2.41. The molecule has 134 valence electrons. The summed E-state index contributed by atoms with van der Waals surface area (Å²) < 4.78 is 44.7. The molecule has 1 atom stereocenters. The highest BCUT2D eigenvalue weighted by molar-refractivity contribution is 7.89. The van der Waals surface area contributed by atoms with Crippen LogP contribution in [0.1, 0.15) is 32.6 Å². The fourth-order valence-electron chi connectivity index (χ4n) is 2.23. The molecule has 0 unspecified atom stereocenters. The minimum Gasteiger partial charge on any atom is -0.442 e. The molecule has 2 heterocycles. The van der Waals surface area contributed by atoms with E-state index < -0.39 is 33.1 Å². The number of hydrogen-bond donors (Lipinski definition) is 1. The van der Waals surface area contributed by atoms with Gasteiger partial charge in [-0.25, -0.2) is 21.9 Å². The summed E-state index contributed by atoms with van der Waals surface area (Å²) in [4.78, 5) is 15.8. The summed E-state index contributed by atoms with van der Waals surface area (Å²) in [5.41, 5.74) is -2.00. The molecule has 0 bridgehead atoms. The van der Waals surface area contributed by atoms with Gasteiger partial charge in [-0.3, -0.25) is 0 Å². The van der Waals surface area contributed by atoms with Crippen LogP contribution in [0.25, 0.3) is 0 Å². The van der Waals surface area contributed by atoms with Gasteiger partial charge >= 0.3 is 6.09 Å². The Labute approximate surface area is 144 Å². The van der Waals surface area contributed by atoms with E-state index in [4.69, 9.17) is 4.74 Å². The predicted molar refractivity (Wildman–Crippen MR) is 90.0 cm³/mol. The van der Waals surface area contributed by atoms with Crippen molar-refractivity contribution in [3.63, 3.8) is 0 Å². The lowest BCUT2D eigenvalue weighted by molar-refractivity contribution is 0.0602. The molecule has 0 spiro atoms. The van der Waals surface area contributed by atoms with Crippen molar-refractivity contribution in [3.8, 4) is 0 Å². The molecule has 1 fully saturated rings. The number of amides is 1. The van der Waals surface area contributed by atoms with Gasteiger partial charge in [-0.2, -0.15) is 0 Å². The van der Waals surface area contributed by atoms with E-state index in [-0.39, 0.29) is 16.6 Å². The second-order valence-corrected chi connectivity index (χ2v) is 9.61. The second kappa shape index (κ2) is 5.99. The van der Waals surface area contributed by atoms with E-state index in [1.165, 1.54) is 18.5 Å². The van der Waals surface area contributed by atoms with Crippen LogP contribution in [0.5, 0.6) is 0 Å². The minimum absolute atomic E-state index is 0.203. The zero-order chi connectivity index (χ0) is 18.3. The first-order valence-electron chi connectivity index (χ1n) is 7.14. The molecule has 0 radical (unpaired) electrons. The van der Waals surface area contributed by atoms with Crippen molar-refractivity contribution in [3.05, 3.63) is 22.1 Å². The van der Waals surface area contributed by atoms with E-state index in [1.54, 1.807) is 27.7 Å². The number of nitrogens with one attached hydrogen (secondary N) is 1. The molecule has 0 aromatic carbocycles. The molecular weight excluding hydrogens is 357 g/mol. The quantitative estimate of drug-likeness (QED) is 0.811. The van der Waals surface area contributed by atoms with Crippen LogP contribution in [-0.2, 0) is 20.3 Å². The number of thiophene rings is 1. The normalized spacial score (nSPS) is 25.4. The van der Waals surface area contributed by atoms with Gasteiger partial charge in [-0.05, 0) is 39.1 Å². The Kier molecular flexibility index (Phi) is 4.66. The Hall–Kier alpha value is -1.68. The maximum absolute atomic E-state index is 14.0. The molecular formula is C14H20FN3O4S2. The van der Waals surface area contributed by atoms with E-state index in [2.05, 4.69) is 10.3 Å². The maximum atomic E-state index is 14.0. The van der Waals surface area contributed by atoms with E-state index in [0.717, 1.165) is 15.6 Å². The molecule has 0 aliphatic carbocycles. The van der Waals surface area contributed by atoms with Crippen molar-refractivity contribution in [2.24, 2.45) is 4.99 Å². The summed E-state index contributed by atoms with van der Waals surface area (Å²) in [6, 6.07) is 1.27. The highest BCUT2D eigenvalue weighted by Crippen LogP contribution is 2.33. The molecule has 1 aliphatic rings. The van der Waals surface area contributed by atoms with Crippen LogP contribution >= 0.6 is 11.3 Å². The Morgan fingerprint density at radius 3 is 2.62 bits per heavy atom. The summed E-state index contributed by atoms with van der Waals surface area (Å²) in [7, 11) is -2.50. The lowest BCUT2D eigenvalue weighted by Gasteiger charge is -2.39. The predicted octanol–water partition coefficient (Wildman–Crippen LogP) is 2.26. The van der Waals surface area contributed by atoms with Gasteiger partial charge in [-0.15, -0.1) is 16.3 Å². The molecule has 1 aromatic rings. The van der Waals surface area contributed by atoms with Gasteiger partial charge in [0.25, 0.3) is 0 Å². The van der Waals surface area contributed by atoms with Crippen LogP contribution in [0.2, 0.25) is 0 Å². The van der Waals surface area contributed by atoms with Gasteiger partial charge in [0.2, 0.25) is 16.0 Å². The van der Waals surface area contributed by atoms with E-state index >= 15 is 0 Å². The molecule has 2 rings (SSSR count). The molecule has 10 heteroatoms. The number of carbonyl (C=O) groups is 1.